The predicted molar refractivity (Wildman–Crippen MR) is 73.0 cm³/mol. The third kappa shape index (κ3) is 2.98. The lowest BCUT2D eigenvalue weighted by Gasteiger charge is -2.15. The summed E-state index contributed by atoms with van der Waals surface area (Å²) in [7, 11) is 1.44. The highest BCUT2D eigenvalue weighted by Crippen LogP contribution is 2.31. The van der Waals surface area contributed by atoms with Gasteiger partial charge in [0.1, 0.15) is 24.4 Å². The van der Waals surface area contributed by atoms with Crippen LogP contribution in [0.4, 0.5) is 0 Å². The van der Waals surface area contributed by atoms with Crippen LogP contribution in [-0.4, -0.2) is 51.8 Å². The molecule has 1 fully saturated rings. The zero-order valence-corrected chi connectivity index (χ0v) is 11.6. The average Bonchev–Trinajstić information content (AvgIpc) is 2.71. The van der Waals surface area contributed by atoms with Crippen molar-refractivity contribution in [3.63, 3.8) is 0 Å². The van der Waals surface area contributed by atoms with Crippen molar-refractivity contribution in [3.05, 3.63) is 45.3 Å². The predicted octanol–water partition coefficient (Wildman–Crippen LogP) is -1.47. The summed E-state index contributed by atoms with van der Waals surface area (Å²) in [6.45, 7) is 3.81. The van der Waals surface area contributed by atoms with Crippen LogP contribution in [-0.2, 0) is 16.0 Å². The summed E-state index contributed by atoms with van der Waals surface area (Å²) < 4.78 is 11.6. The number of ether oxygens (including phenoxy) is 2. The standard InChI is InChI=1S/C13H18N2O6/c1-3-4-15-5-7(12(18)14-13(15)19)11-10(17)9(16)8(21-11)6-20-2/h3,5,8-11,16-17H,1,4,6H2,2H3,(H,14,18,19). The van der Waals surface area contributed by atoms with Crippen molar-refractivity contribution in [2.24, 2.45) is 0 Å². The number of aliphatic hydroxyl groups excluding tert-OH is 2. The number of nitrogens with one attached hydrogen (secondary N) is 1. The Balaban J connectivity index is 2.38. The van der Waals surface area contributed by atoms with Crippen LogP contribution in [0.5, 0.6) is 0 Å². The van der Waals surface area contributed by atoms with Gasteiger partial charge in [0, 0.05) is 19.9 Å². The molecule has 8 nitrogen and oxygen atoms in total. The average molecular weight is 298 g/mol. The summed E-state index contributed by atoms with van der Waals surface area (Å²) in [6, 6.07) is 0. The second-order valence-electron chi connectivity index (χ2n) is 4.82. The van der Waals surface area contributed by atoms with Gasteiger partial charge < -0.3 is 19.7 Å². The third-order valence-corrected chi connectivity index (χ3v) is 3.36. The molecule has 2 rings (SSSR count). The molecule has 4 unspecified atom stereocenters. The maximum absolute atomic E-state index is 11.9. The van der Waals surface area contributed by atoms with E-state index in [4.69, 9.17) is 9.47 Å². The van der Waals surface area contributed by atoms with Gasteiger partial charge in [-0.15, -0.1) is 6.58 Å². The number of hydrogen-bond donors (Lipinski definition) is 3. The van der Waals surface area contributed by atoms with E-state index in [1.165, 1.54) is 23.9 Å². The Labute approximate surface area is 120 Å². The Bertz CT molecular complexity index is 622. The highest BCUT2D eigenvalue weighted by Gasteiger charge is 2.44. The number of methoxy groups -OCH3 is 1. The van der Waals surface area contributed by atoms with Crippen LogP contribution in [0.3, 0.4) is 0 Å². The van der Waals surface area contributed by atoms with Gasteiger partial charge in [-0.3, -0.25) is 14.3 Å². The molecule has 21 heavy (non-hydrogen) atoms. The second kappa shape index (κ2) is 6.35. The number of nitrogens with zero attached hydrogens (tertiary/aromatic N) is 1. The summed E-state index contributed by atoms with van der Waals surface area (Å²) >= 11 is 0. The molecule has 8 heteroatoms. The SMILES string of the molecule is C=CCn1cc(C2OC(COC)C(O)C2O)c(=O)[nH]c1=O. The fraction of sp³-hybridized carbons (Fsp3) is 0.538. The van der Waals surface area contributed by atoms with E-state index in [1.54, 1.807) is 0 Å². The fourth-order valence-electron chi connectivity index (χ4n) is 2.31. The van der Waals surface area contributed by atoms with E-state index in [0.29, 0.717) is 0 Å². The number of hydrogen-bond acceptors (Lipinski definition) is 6. The molecule has 0 aliphatic carbocycles. The number of aliphatic hydroxyl groups is 2. The third-order valence-electron chi connectivity index (χ3n) is 3.36. The van der Waals surface area contributed by atoms with E-state index >= 15 is 0 Å². The molecule has 3 N–H and O–H groups in total. The summed E-state index contributed by atoms with van der Waals surface area (Å²) in [5.41, 5.74) is -1.17. The normalized spacial score (nSPS) is 28.7. The van der Waals surface area contributed by atoms with Crippen LogP contribution in [0.25, 0.3) is 0 Å². The molecule has 116 valence electrons. The van der Waals surface area contributed by atoms with Crippen LogP contribution >= 0.6 is 0 Å². The van der Waals surface area contributed by atoms with Crippen molar-refractivity contribution in [2.45, 2.75) is 31.0 Å². The molecule has 4 atom stereocenters. The molecule has 1 aromatic heterocycles. The maximum atomic E-state index is 11.9. The van der Waals surface area contributed by atoms with E-state index in [0.717, 1.165) is 0 Å². The van der Waals surface area contributed by atoms with Crippen LogP contribution in [0.1, 0.15) is 11.7 Å². The first-order valence-electron chi connectivity index (χ1n) is 6.44. The lowest BCUT2D eigenvalue weighted by Crippen LogP contribution is -2.36. The molecule has 0 aromatic carbocycles. The first-order chi connectivity index (χ1) is 9.99. The number of rotatable bonds is 5. The van der Waals surface area contributed by atoms with E-state index < -0.39 is 35.7 Å². The van der Waals surface area contributed by atoms with Crippen molar-refractivity contribution in [3.8, 4) is 0 Å². The van der Waals surface area contributed by atoms with Gasteiger partial charge in [0.05, 0.1) is 12.2 Å². The first-order valence-corrected chi connectivity index (χ1v) is 6.44. The zero-order chi connectivity index (χ0) is 15.6. The topological polar surface area (TPSA) is 114 Å². The van der Waals surface area contributed by atoms with Crippen LogP contribution in [0.15, 0.2) is 28.4 Å². The quantitative estimate of drug-likeness (QED) is 0.572. The number of H-pyrrole nitrogens is 1. The number of aromatic amines is 1. The largest absolute Gasteiger partial charge is 0.387 e. The summed E-state index contributed by atoms with van der Waals surface area (Å²) in [5.74, 6) is 0. The Morgan fingerprint density at radius 1 is 1.48 bits per heavy atom. The van der Waals surface area contributed by atoms with Crippen LogP contribution in [0, 0.1) is 0 Å². The van der Waals surface area contributed by atoms with Gasteiger partial charge >= 0.3 is 5.69 Å². The molecule has 0 radical (unpaired) electrons. The van der Waals surface area contributed by atoms with Gasteiger partial charge in [-0.25, -0.2) is 4.79 Å². The van der Waals surface area contributed by atoms with Crippen molar-refractivity contribution in [1.82, 2.24) is 9.55 Å². The monoisotopic (exact) mass is 298 g/mol. The highest BCUT2D eigenvalue weighted by molar-refractivity contribution is 5.14. The smallest absolute Gasteiger partial charge is 0.328 e. The fourth-order valence-corrected chi connectivity index (χ4v) is 2.31. The minimum atomic E-state index is -1.28. The molecule has 2 heterocycles. The molecule has 1 aromatic rings. The molecule has 1 aliphatic heterocycles. The van der Waals surface area contributed by atoms with Crippen molar-refractivity contribution in [1.29, 1.82) is 0 Å². The zero-order valence-electron chi connectivity index (χ0n) is 11.6. The van der Waals surface area contributed by atoms with E-state index in [-0.39, 0.29) is 18.7 Å². The minimum absolute atomic E-state index is 0.0709. The summed E-state index contributed by atoms with van der Waals surface area (Å²) in [4.78, 5) is 25.6. The Hall–Kier alpha value is -1.74. The molecule has 0 saturated carbocycles. The van der Waals surface area contributed by atoms with E-state index in [9.17, 15) is 19.8 Å². The second-order valence-corrected chi connectivity index (χ2v) is 4.82. The number of allylic oxidation sites excluding steroid dienone is 1. The molecule has 1 saturated heterocycles. The van der Waals surface area contributed by atoms with Gasteiger partial charge in [0.15, 0.2) is 0 Å². The number of aromatic nitrogens is 2. The van der Waals surface area contributed by atoms with Crippen LogP contribution in [0.2, 0.25) is 0 Å². The summed E-state index contributed by atoms with van der Waals surface area (Å²) in [5, 5.41) is 19.9. The molecular formula is C13H18N2O6. The minimum Gasteiger partial charge on any atom is -0.387 e. The Kier molecular flexibility index (Phi) is 4.73. The molecular weight excluding hydrogens is 280 g/mol. The van der Waals surface area contributed by atoms with Gasteiger partial charge in [0.25, 0.3) is 5.56 Å². The summed E-state index contributed by atoms with van der Waals surface area (Å²) in [6.07, 6.45) is -1.42. The Morgan fingerprint density at radius 3 is 2.81 bits per heavy atom. The molecule has 0 amide bonds. The lowest BCUT2D eigenvalue weighted by atomic mass is 10.0. The Morgan fingerprint density at radius 2 is 2.19 bits per heavy atom. The lowest BCUT2D eigenvalue weighted by molar-refractivity contribution is -0.0343. The van der Waals surface area contributed by atoms with Gasteiger partial charge in [0.2, 0.25) is 0 Å². The van der Waals surface area contributed by atoms with Crippen molar-refractivity contribution in [2.75, 3.05) is 13.7 Å². The van der Waals surface area contributed by atoms with Crippen molar-refractivity contribution >= 4 is 0 Å². The van der Waals surface area contributed by atoms with Gasteiger partial charge in [-0.1, -0.05) is 6.08 Å². The van der Waals surface area contributed by atoms with E-state index in [1.807, 2.05) is 0 Å². The first kappa shape index (κ1) is 15.6. The van der Waals surface area contributed by atoms with Crippen molar-refractivity contribution < 1.29 is 19.7 Å². The van der Waals surface area contributed by atoms with Crippen LogP contribution < -0.4 is 11.2 Å². The molecule has 1 aliphatic rings. The maximum Gasteiger partial charge on any atom is 0.328 e. The van der Waals surface area contributed by atoms with E-state index in [2.05, 4.69) is 11.6 Å². The molecule has 0 spiro atoms. The highest BCUT2D eigenvalue weighted by atomic mass is 16.6. The molecule has 0 bridgehead atoms. The van der Waals surface area contributed by atoms with Gasteiger partial charge in [-0.05, 0) is 0 Å². The van der Waals surface area contributed by atoms with Gasteiger partial charge in [-0.2, -0.15) is 0 Å².